The smallest absolute Gasteiger partial charge is 0.266 e. The first-order valence-electron chi connectivity index (χ1n) is 3.40. The Labute approximate surface area is 72.0 Å². The van der Waals surface area contributed by atoms with Crippen LogP contribution in [0.25, 0.3) is 0 Å². The molecule has 0 aliphatic carbocycles. The molecule has 0 radical (unpaired) electrons. The predicted molar refractivity (Wildman–Crippen MR) is 39.5 cm³/mol. The van der Waals surface area contributed by atoms with Crippen LogP contribution in [0.2, 0.25) is 0 Å². The van der Waals surface area contributed by atoms with Gasteiger partial charge in [-0.2, -0.15) is 4.39 Å². The predicted octanol–water partition coefficient (Wildman–Crippen LogP) is 1.23. The summed E-state index contributed by atoms with van der Waals surface area (Å²) in [5.41, 5.74) is 3.53. The molecule has 6 heteroatoms. The summed E-state index contributed by atoms with van der Waals surface area (Å²) in [4.78, 5) is 3.16. The van der Waals surface area contributed by atoms with E-state index in [1.165, 1.54) is 0 Å². The molecule has 0 aromatic carbocycles. The van der Waals surface area contributed by atoms with Crippen molar-refractivity contribution in [1.29, 1.82) is 0 Å². The third-order valence-electron chi connectivity index (χ3n) is 1.49. The highest BCUT2D eigenvalue weighted by atomic mass is 19.3. The number of aromatic nitrogens is 1. The summed E-state index contributed by atoms with van der Waals surface area (Å²) in [6.45, 7) is -0.600. The highest BCUT2D eigenvalue weighted by Gasteiger charge is 2.16. The molecule has 1 heterocycles. The van der Waals surface area contributed by atoms with Crippen LogP contribution < -0.4 is 5.73 Å². The zero-order valence-electron chi connectivity index (χ0n) is 6.47. The number of nitrogen functional groups attached to an aromatic ring is 1. The van der Waals surface area contributed by atoms with E-state index in [0.717, 1.165) is 6.07 Å². The van der Waals surface area contributed by atoms with E-state index in [1.807, 2.05) is 0 Å². The van der Waals surface area contributed by atoms with Crippen molar-refractivity contribution in [3.8, 4) is 0 Å². The van der Waals surface area contributed by atoms with Crippen LogP contribution in [-0.4, -0.2) is 10.1 Å². The lowest BCUT2D eigenvalue weighted by Gasteiger charge is -2.06. The number of aliphatic hydroxyl groups excluding tert-OH is 1. The Morgan fingerprint density at radius 1 is 1.54 bits per heavy atom. The Bertz CT molecular complexity index is 317. The first-order valence-corrected chi connectivity index (χ1v) is 3.40. The van der Waals surface area contributed by atoms with Crippen molar-refractivity contribution in [3.05, 3.63) is 23.3 Å². The fourth-order valence-electron chi connectivity index (χ4n) is 0.856. The summed E-state index contributed by atoms with van der Waals surface area (Å²) in [6.07, 6.45) is -2.87. The Hall–Kier alpha value is -1.30. The Kier molecular flexibility index (Phi) is 2.72. The van der Waals surface area contributed by atoms with Crippen LogP contribution in [-0.2, 0) is 6.61 Å². The minimum absolute atomic E-state index is 0.165. The van der Waals surface area contributed by atoms with E-state index in [4.69, 9.17) is 10.8 Å². The molecule has 0 amide bonds. The van der Waals surface area contributed by atoms with Crippen LogP contribution in [0.3, 0.4) is 0 Å². The molecule has 3 nitrogen and oxygen atoms in total. The van der Waals surface area contributed by atoms with Gasteiger partial charge in [-0.05, 0) is 6.07 Å². The van der Waals surface area contributed by atoms with Gasteiger partial charge in [0.25, 0.3) is 6.43 Å². The molecule has 0 saturated carbocycles. The van der Waals surface area contributed by atoms with Gasteiger partial charge in [-0.25, -0.2) is 13.8 Å². The quantitative estimate of drug-likeness (QED) is 0.693. The van der Waals surface area contributed by atoms with Crippen LogP contribution in [0, 0.1) is 5.95 Å². The molecular weight excluding hydrogens is 185 g/mol. The van der Waals surface area contributed by atoms with Crippen LogP contribution >= 0.6 is 0 Å². The average Bonchev–Trinajstić information content (AvgIpc) is 2.09. The molecule has 0 aliphatic rings. The first kappa shape index (κ1) is 9.79. The van der Waals surface area contributed by atoms with Crippen LogP contribution in [0.1, 0.15) is 17.7 Å². The number of rotatable bonds is 2. The highest BCUT2D eigenvalue weighted by Crippen LogP contribution is 2.26. The van der Waals surface area contributed by atoms with Gasteiger partial charge in [-0.3, -0.25) is 0 Å². The normalized spacial score (nSPS) is 10.8. The van der Waals surface area contributed by atoms with E-state index in [2.05, 4.69) is 4.98 Å². The van der Waals surface area contributed by atoms with Crippen LogP contribution in [0.5, 0.6) is 0 Å². The van der Waals surface area contributed by atoms with E-state index in [9.17, 15) is 13.2 Å². The highest BCUT2D eigenvalue weighted by molar-refractivity contribution is 5.47. The number of anilines is 1. The Balaban J connectivity index is 3.25. The van der Waals surface area contributed by atoms with E-state index in [1.54, 1.807) is 0 Å². The van der Waals surface area contributed by atoms with Gasteiger partial charge in [-0.15, -0.1) is 0 Å². The maximum atomic E-state index is 12.7. The van der Waals surface area contributed by atoms with Gasteiger partial charge in [0.05, 0.1) is 18.0 Å². The van der Waals surface area contributed by atoms with Crippen LogP contribution in [0.4, 0.5) is 18.9 Å². The molecule has 72 valence electrons. The fourth-order valence-corrected chi connectivity index (χ4v) is 0.856. The Morgan fingerprint density at radius 2 is 2.15 bits per heavy atom. The number of hydrogen-bond acceptors (Lipinski definition) is 3. The van der Waals surface area contributed by atoms with Crippen molar-refractivity contribution >= 4 is 5.69 Å². The van der Waals surface area contributed by atoms with Crippen molar-refractivity contribution in [2.75, 3.05) is 5.73 Å². The van der Waals surface area contributed by atoms with Gasteiger partial charge >= 0.3 is 0 Å². The molecule has 1 aromatic heterocycles. The van der Waals surface area contributed by atoms with E-state index in [0.29, 0.717) is 0 Å². The summed E-state index contributed by atoms with van der Waals surface area (Å²) in [6, 6.07) is 0.878. The number of aliphatic hydroxyl groups is 1. The summed E-state index contributed by atoms with van der Waals surface area (Å²) in [7, 11) is 0. The van der Waals surface area contributed by atoms with Gasteiger partial charge < -0.3 is 10.8 Å². The summed E-state index contributed by atoms with van der Waals surface area (Å²) >= 11 is 0. The zero-order chi connectivity index (χ0) is 10.0. The Morgan fingerprint density at radius 3 is 2.62 bits per heavy atom. The molecule has 0 aliphatic heterocycles. The van der Waals surface area contributed by atoms with E-state index in [-0.39, 0.29) is 5.69 Å². The monoisotopic (exact) mass is 192 g/mol. The van der Waals surface area contributed by atoms with Gasteiger partial charge in [0.1, 0.15) is 0 Å². The maximum Gasteiger partial charge on any atom is 0.266 e. The van der Waals surface area contributed by atoms with E-state index >= 15 is 0 Å². The second-order valence-electron chi connectivity index (χ2n) is 2.37. The lowest BCUT2D eigenvalue weighted by Crippen LogP contribution is -2.04. The minimum atomic E-state index is -2.87. The van der Waals surface area contributed by atoms with Crippen molar-refractivity contribution in [3.63, 3.8) is 0 Å². The summed E-state index contributed by atoms with van der Waals surface area (Å²) in [5.74, 6) is -1.18. The molecule has 0 unspecified atom stereocenters. The fraction of sp³-hybridized carbons (Fsp3) is 0.286. The lowest BCUT2D eigenvalue weighted by molar-refractivity contribution is 0.151. The number of pyridine rings is 1. The number of halogens is 3. The second-order valence-corrected chi connectivity index (χ2v) is 2.37. The third kappa shape index (κ3) is 1.89. The molecule has 0 saturated heterocycles. The van der Waals surface area contributed by atoms with Crippen molar-refractivity contribution < 1.29 is 18.3 Å². The number of nitrogens with zero attached hydrogens (tertiary/aromatic N) is 1. The summed E-state index contributed by atoms with van der Waals surface area (Å²) in [5, 5.41) is 8.54. The average molecular weight is 192 g/mol. The maximum absolute atomic E-state index is 12.7. The van der Waals surface area contributed by atoms with Gasteiger partial charge in [0.15, 0.2) is 0 Å². The minimum Gasteiger partial charge on any atom is -0.395 e. The van der Waals surface area contributed by atoms with Crippen molar-refractivity contribution in [2.45, 2.75) is 13.0 Å². The lowest BCUT2D eigenvalue weighted by atomic mass is 10.2. The molecule has 0 atom stereocenters. The molecule has 1 aromatic rings. The zero-order valence-corrected chi connectivity index (χ0v) is 6.47. The van der Waals surface area contributed by atoms with Crippen molar-refractivity contribution in [1.82, 2.24) is 4.98 Å². The van der Waals surface area contributed by atoms with Crippen LogP contribution in [0.15, 0.2) is 6.07 Å². The van der Waals surface area contributed by atoms with Gasteiger partial charge in [0.2, 0.25) is 5.95 Å². The third-order valence-corrected chi connectivity index (χ3v) is 1.49. The molecule has 0 bridgehead atoms. The van der Waals surface area contributed by atoms with Gasteiger partial charge in [0, 0.05) is 5.56 Å². The molecule has 1 rings (SSSR count). The standard InChI is InChI=1S/C7H7F3N2O/c8-6(9)4-1-3(2-13)12-7(10)5(4)11/h1,6,13H,2,11H2. The first-order chi connectivity index (χ1) is 6.06. The molecule has 3 N–H and O–H groups in total. The number of alkyl halides is 2. The number of nitrogens with two attached hydrogens (primary N) is 1. The second kappa shape index (κ2) is 3.61. The largest absolute Gasteiger partial charge is 0.395 e. The number of hydrogen-bond donors (Lipinski definition) is 2. The molecule has 13 heavy (non-hydrogen) atoms. The summed E-state index contributed by atoms with van der Waals surface area (Å²) < 4.78 is 37.0. The van der Waals surface area contributed by atoms with Crippen molar-refractivity contribution in [2.24, 2.45) is 0 Å². The SMILES string of the molecule is Nc1c(C(F)F)cc(CO)nc1F. The topological polar surface area (TPSA) is 59.1 Å². The van der Waals surface area contributed by atoms with Gasteiger partial charge in [-0.1, -0.05) is 0 Å². The molecule has 0 fully saturated rings. The van der Waals surface area contributed by atoms with E-state index < -0.39 is 30.2 Å². The molecular formula is C7H7F3N2O. The molecule has 0 spiro atoms.